The van der Waals surface area contributed by atoms with Crippen LogP contribution in [-0.2, 0) is 6.54 Å². The van der Waals surface area contributed by atoms with Gasteiger partial charge < -0.3 is 14.3 Å². The van der Waals surface area contributed by atoms with E-state index in [2.05, 4.69) is 9.88 Å². The van der Waals surface area contributed by atoms with Crippen LogP contribution in [0, 0.1) is 18.7 Å². The number of nitrogens with zero attached hydrogens (tertiary/aromatic N) is 2. The monoisotopic (exact) mass is 334 g/mol. The first-order valence-corrected chi connectivity index (χ1v) is 8.24. The molecule has 5 nitrogen and oxygen atoms in total. The Labute approximate surface area is 141 Å². The molecule has 0 radical (unpaired) electrons. The number of aliphatic hydroxyl groups is 1. The van der Waals surface area contributed by atoms with Crippen LogP contribution in [0.1, 0.15) is 24.3 Å². The second kappa shape index (κ2) is 7.32. The summed E-state index contributed by atoms with van der Waals surface area (Å²) in [7, 11) is 1.54. The molecular formula is C18H23FN2O3. The first-order chi connectivity index (χ1) is 11.6. The Morgan fingerprint density at radius 3 is 3.04 bits per heavy atom. The third-order valence-corrected chi connectivity index (χ3v) is 4.53. The number of ether oxygens (including phenoxy) is 1. The largest absolute Gasteiger partial charge is 0.497 e. The number of methoxy groups -OCH3 is 1. The Hall–Kier alpha value is -1.92. The van der Waals surface area contributed by atoms with Gasteiger partial charge in [0.1, 0.15) is 17.3 Å². The van der Waals surface area contributed by atoms with E-state index in [1.165, 1.54) is 13.2 Å². The van der Waals surface area contributed by atoms with E-state index < -0.39 is 0 Å². The standard InChI is InChI=1S/C18H23FN2O3/c1-12-17(10-21-7-3-4-13(9-21)11-22)20-18(24-12)15-8-14(23-2)5-6-16(15)19/h5-6,8,13,22H,3-4,7,9-11H2,1-2H3/t13-/m1/s1. The summed E-state index contributed by atoms with van der Waals surface area (Å²) in [5.74, 6) is 1.46. The van der Waals surface area contributed by atoms with Gasteiger partial charge in [-0.25, -0.2) is 9.37 Å². The van der Waals surface area contributed by atoms with Crippen molar-refractivity contribution in [2.45, 2.75) is 26.3 Å². The quantitative estimate of drug-likeness (QED) is 0.911. The molecule has 1 aromatic heterocycles. The number of benzene rings is 1. The lowest BCUT2D eigenvalue weighted by Crippen LogP contribution is -2.36. The maximum absolute atomic E-state index is 14.1. The van der Waals surface area contributed by atoms with Crippen LogP contribution < -0.4 is 4.74 Å². The van der Waals surface area contributed by atoms with Crippen LogP contribution in [0.5, 0.6) is 5.75 Å². The molecular weight excluding hydrogens is 311 g/mol. The van der Waals surface area contributed by atoms with Gasteiger partial charge in [-0.2, -0.15) is 0 Å². The summed E-state index contributed by atoms with van der Waals surface area (Å²) in [5, 5.41) is 9.35. The minimum atomic E-state index is -0.387. The first-order valence-electron chi connectivity index (χ1n) is 8.24. The molecule has 0 saturated carbocycles. The Kier molecular flexibility index (Phi) is 5.16. The van der Waals surface area contributed by atoms with Crippen LogP contribution in [-0.4, -0.2) is 41.8 Å². The number of piperidine rings is 1. The fraction of sp³-hybridized carbons (Fsp3) is 0.500. The van der Waals surface area contributed by atoms with Crippen molar-refractivity contribution < 1.29 is 18.7 Å². The second-order valence-corrected chi connectivity index (χ2v) is 6.29. The average Bonchev–Trinajstić information content (AvgIpc) is 2.96. The van der Waals surface area contributed by atoms with Crippen molar-refractivity contribution in [2.75, 3.05) is 26.8 Å². The SMILES string of the molecule is COc1ccc(F)c(-c2nc(CN3CCC[C@@H](CO)C3)c(C)o2)c1. The zero-order valence-electron chi connectivity index (χ0n) is 14.1. The van der Waals surface area contributed by atoms with Gasteiger partial charge in [-0.15, -0.1) is 0 Å². The normalized spacial score (nSPS) is 18.8. The minimum absolute atomic E-state index is 0.217. The van der Waals surface area contributed by atoms with Crippen molar-refractivity contribution in [1.82, 2.24) is 9.88 Å². The van der Waals surface area contributed by atoms with E-state index in [1.54, 1.807) is 12.1 Å². The van der Waals surface area contributed by atoms with Gasteiger partial charge in [0.05, 0.1) is 18.4 Å². The number of aliphatic hydroxyl groups excluding tert-OH is 1. The highest BCUT2D eigenvalue weighted by molar-refractivity contribution is 5.57. The van der Waals surface area contributed by atoms with Crippen molar-refractivity contribution in [2.24, 2.45) is 5.92 Å². The molecule has 0 bridgehead atoms. The molecule has 0 aliphatic carbocycles. The van der Waals surface area contributed by atoms with E-state index in [-0.39, 0.29) is 18.3 Å². The summed E-state index contributed by atoms with van der Waals surface area (Å²) in [4.78, 5) is 6.76. The molecule has 0 amide bonds. The second-order valence-electron chi connectivity index (χ2n) is 6.29. The van der Waals surface area contributed by atoms with Crippen LogP contribution in [0.4, 0.5) is 4.39 Å². The molecule has 0 spiro atoms. The summed E-state index contributed by atoms with van der Waals surface area (Å²) >= 11 is 0. The number of halogens is 1. The number of aromatic nitrogens is 1. The van der Waals surface area contributed by atoms with E-state index in [0.717, 1.165) is 31.6 Å². The van der Waals surface area contributed by atoms with Crippen LogP contribution in [0.2, 0.25) is 0 Å². The van der Waals surface area contributed by atoms with Crippen LogP contribution in [0.25, 0.3) is 11.5 Å². The molecule has 6 heteroatoms. The van der Waals surface area contributed by atoms with Crippen LogP contribution in [0.15, 0.2) is 22.6 Å². The first kappa shape index (κ1) is 16.9. The van der Waals surface area contributed by atoms with Gasteiger partial charge in [-0.05, 0) is 50.4 Å². The van der Waals surface area contributed by atoms with E-state index in [9.17, 15) is 9.50 Å². The molecule has 1 saturated heterocycles. The smallest absolute Gasteiger partial charge is 0.229 e. The number of aryl methyl sites for hydroxylation is 1. The molecule has 1 aliphatic rings. The third-order valence-electron chi connectivity index (χ3n) is 4.53. The zero-order valence-corrected chi connectivity index (χ0v) is 14.1. The number of oxazole rings is 1. The minimum Gasteiger partial charge on any atom is -0.497 e. The number of rotatable bonds is 5. The van der Waals surface area contributed by atoms with E-state index in [4.69, 9.17) is 9.15 Å². The van der Waals surface area contributed by atoms with Crippen LogP contribution in [0.3, 0.4) is 0 Å². The summed E-state index contributed by atoms with van der Waals surface area (Å²) in [6.07, 6.45) is 2.13. The van der Waals surface area contributed by atoms with Crippen molar-refractivity contribution in [1.29, 1.82) is 0 Å². The summed E-state index contributed by atoms with van der Waals surface area (Å²) < 4.78 is 24.9. The molecule has 1 aliphatic heterocycles. The molecule has 1 N–H and O–H groups in total. The highest BCUT2D eigenvalue weighted by Crippen LogP contribution is 2.29. The highest BCUT2D eigenvalue weighted by Gasteiger charge is 2.22. The van der Waals surface area contributed by atoms with Gasteiger partial charge in [0.25, 0.3) is 0 Å². The zero-order chi connectivity index (χ0) is 17.1. The van der Waals surface area contributed by atoms with E-state index in [1.807, 2.05) is 6.92 Å². The molecule has 24 heavy (non-hydrogen) atoms. The predicted octanol–water partition coefficient (Wildman–Crippen LogP) is 3.00. The number of likely N-dealkylation sites (tertiary alicyclic amines) is 1. The fourth-order valence-electron chi connectivity index (χ4n) is 3.14. The molecule has 2 heterocycles. The lowest BCUT2D eigenvalue weighted by molar-refractivity contribution is 0.115. The summed E-state index contributed by atoms with van der Waals surface area (Å²) in [6.45, 7) is 4.54. The van der Waals surface area contributed by atoms with Gasteiger partial charge in [0.2, 0.25) is 5.89 Å². The molecule has 1 fully saturated rings. The van der Waals surface area contributed by atoms with Crippen LogP contribution >= 0.6 is 0 Å². The molecule has 3 rings (SSSR count). The molecule has 1 atom stereocenters. The number of hydrogen-bond donors (Lipinski definition) is 1. The Bertz CT molecular complexity index is 702. The average molecular weight is 334 g/mol. The highest BCUT2D eigenvalue weighted by atomic mass is 19.1. The Morgan fingerprint density at radius 2 is 2.29 bits per heavy atom. The third kappa shape index (κ3) is 3.60. The molecule has 130 valence electrons. The fourth-order valence-corrected chi connectivity index (χ4v) is 3.14. The van der Waals surface area contributed by atoms with Crippen molar-refractivity contribution in [3.05, 3.63) is 35.5 Å². The van der Waals surface area contributed by atoms with Crippen molar-refractivity contribution in [3.63, 3.8) is 0 Å². The topological polar surface area (TPSA) is 58.7 Å². The van der Waals surface area contributed by atoms with Gasteiger partial charge in [0, 0.05) is 19.7 Å². The summed E-state index contributed by atoms with van der Waals surface area (Å²) in [5.41, 5.74) is 1.11. The Balaban J connectivity index is 1.80. The van der Waals surface area contributed by atoms with Gasteiger partial charge in [-0.3, -0.25) is 4.90 Å². The van der Waals surface area contributed by atoms with Crippen molar-refractivity contribution >= 4 is 0 Å². The molecule has 1 aromatic carbocycles. The van der Waals surface area contributed by atoms with E-state index in [0.29, 0.717) is 29.5 Å². The maximum atomic E-state index is 14.1. The predicted molar refractivity (Wildman–Crippen MR) is 88.3 cm³/mol. The van der Waals surface area contributed by atoms with Gasteiger partial charge >= 0.3 is 0 Å². The van der Waals surface area contributed by atoms with Crippen molar-refractivity contribution in [3.8, 4) is 17.2 Å². The number of hydrogen-bond acceptors (Lipinski definition) is 5. The van der Waals surface area contributed by atoms with Gasteiger partial charge in [-0.1, -0.05) is 0 Å². The lowest BCUT2D eigenvalue weighted by atomic mass is 9.99. The van der Waals surface area contributed by atoms with E-state index >= 15 is 0 Å². The summed E-state index contributed by atoms with van der Waals surface area (Å²) in [6, 6.07) is 4.51. The molecule has 0 unspecified atom stereocenters. The molecule has 2 aromatic rings. The maximum Gasteiger partial charge on any atom is 0.229 e. The van der Waals surface area contributed by atoms with Gasteiger partial charge in [0.15, 0.2) is 0 Å². The Morgan fingerprint density at radius 1 is 1.46 bits per heavy atom. The lowest BCUT2D eigenvalue weighted by Gasteiger charge is -2.31.